The molecule has 0 amide bonds. The van der Waals surface area contributed by atoms with Crippen LogP contribution in [0.3, 0.4) is 0 Å². The average molecular weight is 280 g/mol. The number of hydrogen-bond donors (Lipinski definition) is 4. The SMILES string of the molecule is CNc1nc(NCC(C)(O)CO)nc(-n2cncn2)n1. The van der Waals surface area contributed by atoms with Crippen LogP contribution < -0.4 is 10.6 Å². The fourth-order valence-corrected chi connectivity index (χ4v) is 1.29. The maximum atomic E-state index is 9.74. The zero-order chi connectivity index (χ0) is 14.6. The molecule has 2 heterocycles. The topological polar surface area (TPSA) is 134 Å². The standard InChI is InChI=1S/C10H16N8O2/c1-10(20,4-19)3-13-8-15-7(11-2)16-9(17-8)18-6-12-5-14-18/h5-6,19-20H,3-4H2,1-2H3,(H2,11,13,15,16,17). The van der Waals surface area contributed by atoms with Gasteiger partial charge in [0.1, 0.15) is 18.3 Å². The second-order valence-electron chi connectivity index (χ2n) is 4.38. The van der Waals surface area contributed by atoms with E-state index < -0.39 is 5.60 Å². The van der Waals surface area contributed by atoms with E-state index in [1.807, 2.05) is 0 Å². The van der Waals surface area contributed by atoms with Crippen LogP contribution in [0, 0.1) is 0 Å². The first-order valence-electron chi connectivity index (χ1n) is 5.90. The average Bonchev–Trinajstić information content (AvgIpc) is 2.99. The largest absolute Gasteiger partial charge is 0.393 e. The Morgan fingerprint density at radius 2 is 2.05 bits per heavy atom. The molecular formula is C10H16N8O2. The van der Waals surface area contributed by atoms with Gasteiger partial charge in [0.2, 0.25) is 11.9 Å². The molecule has 0 saturated carbocycles. The van der Waals surface area contributed by atoms with Crippen molar-refractivity contribution in [3.8, 4) is 5.95 Å². The Hall–Kier alpha value is -2.33. The van der Waals surface area contributed by atoms with Crippen LogP contribution in [0.25, 0.3) is 5.95 Å². The molecule has 0 radical (unpaired) electrons. The first kappa shape index (κ1) is 14.1. The summed E-state index contributed by atoms with van der Waals surface area (Å²) >= 11 is 0. The number of aromatic nitrogens is 6. The van der Waals surface area contributed by atoms with Gasteiger partial charge in [0.05, 0.1) is 6.61 Å². The summed E-state index contributed by atoms with van der Waals surface area (Å²) in [5, 5.41) is 28.3. The number of nitrogens with zero attached hydrogens (tertiary/aromatic N) is 6. The lowest BCUT2D eigenvalue weighted by Gasteiger charge is -2.20. The molecule has 108 valence electrons. The molecular weight excluding hydrogens is 264 g/mol. The van der Waals surface area contributed by atoms with E-state index in [2.05, 4.69) is 35.7 Å². The molecule has 0 aliphatic heterocycles. The third-order valence-electron chi connectivity index (χ3n) is 2.44. The molecule has 0 bridgehead atoms. The molecule has 0 aromatic carbocycles. The van der Waals surface area contributed by atoms with Crippen LogP contribution in [0.5, 0.6) is 0 Å². The number of aliphatic hydroxyl groups excluding tert-OH is 1. The molecule has 20 heavy (non-hydrogen) atoms. The van der Waals surface area contributed by atoms with Gasteiger partial charge in [0.25, 0.3) is 5.95 Å². The molecule has 1 atom stereocenters. The van der Waals surface area contributed by atoms with Crippen LogP contribution in [0.4, 0.5) is 11.9 Å². The van der Waals surface area contributed by atoms with E-state index in [1.165, 1.54) is 24.3 Å². The molecule has 0 saturated heterocycles. The Morgan fingerprint density at radius 1 is 1.30 bits per heavy atom. The van der Waals surface area contributed by atoms with Gasteiger partial charge >= 0.3 is 0 Å². The molecule has 10 heteroatoms. The van der Waals surface area contributed by atoms with Gasteiger partial charge < -0.3 is 20.8 Å². The van der Waals surface area contributed by atoms with Crippen molar-refractivity contribution in [3.63, 3.8) is 0 Å². The number of nitrogens with one attached hydrogen (secondary N) is 2. The van der Waals surface area contributed by atoms with Gasteiger partial charge in [-0.15, -0.1) is 0 Å². The fourth-order valence-electron chi connectivity index (χ4n) is 1.29. The Labute approximate surface area is 114 Å². The van der Waals surface area contributed by atoms with Crippen molar-refractivity contribution in [2.45, 2.75) is 12.5 Å². The molecule has 4 N–H and O–H groups in total. The van der Waals surface area contributed by atoms with Crippen molar-refractivity contribution in [1.29, 1.82) is 0 Å². The fraction of sp³-hybridized carbons (Fsp3) is 0.500. The summed E-state index contributed by atoms with van der Waals surface area (Å²) in [7, 11) is 1.67. The minimum absolute atomic E-state index is 0.0907. The predicted molar refractivity (Wildman–Crippen MR) is 70.5 cm³/mol. The third kappa shape index (κ3) is 3.36. The molecule has 0 aliphatic rings. The predicted octanol–water partition coefficient (Wildman–Crippen LogP) is -1.35. The van der Waals surface area contributed by atoms with Crippen LogP contribution >= 0.6 is 0 Å². The summed E-state index contributed by atoms with van der Waals surface area (Å²) in [6.45, 7) is 1.21. The van der Waals surface area contributed by atoms with E-state index >= 15 is 0 Å². The van der Waals surface area contributed by atoms with Crippen molar-refractivity contribution >= 4 is 11.9 Å². The van der Waals surface area contributed by atoms with Gasteiger partial charge in [-0.1, -0.05) is 0 Å². The first-order valence-corrected chi connectivity index (χ1v) is 5.90. The van der Waals surface area contributed by atoms with Crippen LogP contribution in [0.2, 0.25) is 0 Å². The molecule has 2 aromatic rings. The smallest absolute Gasteiger partial charge is 0.258 e. The lowest BCUT2D eigenvalue weighted by atomic mass is 10.1. The van der Waals surface area contributed by atoms with Crippen LogP contribution in [-0.2, 0) is 0 Å². The number of hydrogen-bond acceptors (Lipinski definition) is 9. The van der Waals surface area contributed by atoms with Gasteiger partial charge in [0, 0.05) is 13.6 Å². The molecule has 0 aliphatic carbocycles. The van der Waals surface area contributed by atoms with E-state index in [4.69, 9.17) is 5.11 Å². The van der Waals surface area contributed by atoms with E-state index in [-0.39, 0.29) is 25.0 Å². The number of rotatable bonds is 6. The maximum Gasteiger partial charge on any atom is 0.258 e. The van der Waals surface area contributed by atoms with Crippen molar-refractivity contribution in [2.75, 3.05) is 30.8 Å². The molecule has 1 unspecified atom stereocenters. The quantitative estimate of drug-likeness (QED) is 0.506. The summed E-state index contributed by atoms with van der Waals surface area (Å²) in [5.41, 5.74) is -1.26. The lowest BCUT2D eigenvalue weighted by Crippen LogP contribution is -2.37. The Bertz CT molecular complexity index is 556. The molecule has 2 aromatic heterocycles. The van der Waals surface area contributed by atoms with E-state index in [1.54, 1.807) is 7.05 Å². The van der Waals surface area contributed by atoms with Crippen LogP contribution in [0.15, 0.2) is 12.7 Å². The van der Waals surface area contributed by atoms with Crippen molar-refractivity contribution in [1.82, 2.24) is 29.7 Å². The van der Waals surface area contributed by atoms with E-state index in [0.717, 1.165) is 0 Å². The highest BCUT2D eigenvalue weighted by Gasteiger charge is 2.19. The Kier molecular flexibility index (Phi) is 4.05. The Morgan fingerprint density at radius 3 is 2.65 bits per heavy atom. The number of anilines is 2. The summed E-state index contributed by atoms with van der Waals surface area (Å²) in [6, 6.07) is 0. The number of aliphatic hydroxyl groups is 2. The normalized spacial score (nSPS) is 13.8. The van der Waals surface area contributed by atoms with Gasteiger partial charge in [-0.05, 0) is 6.92 Å². The van der Waals surface area contributed by atoms with Crippen molar-refractivity contribution < 1.29 is 10.2 Å². The minimum atomic E-state index is -1.26. The second kappa shape index (κ2) is 5.75. The van der Waals surface area contributed by atoms with Gasteiger partial charge in [0.15, 0.2) is 0 Å². The second-order valence-corrected chi connectivity index (χ2v) is 4.38. The van der Waals surface area contributed by atoms with Crippen molar-refractivity contribution in [3.05, 3.63) is 12.7 Å². The zero-order valence-corrected chi connectivity index (χ0v) is 11.1. The molecule has 0 fully saturated rings. The third-order valence-corrected chi connectivity index (χ3v) is 2.44. The first-order chi connectivity index (χ1) is 9.54. The maximum absolute atomic E-state index is 9.74. The van der Waals surface area contributed by atoms with Gasteiger partial charge in [-0.2, -0.15) is 24.7 Å². The summed E-state index contributed by atoms with van der Waals surface area (Å²) < 4.78 is 1.39. The molecule has 10 nitrogen and oxygen atoms in total. The van der Waals surface area contributed by atoms with Crippen LogP contribution in [-0.4, -0.2) is 65.7 Å². The Balaban J connectivity index is 2.23. The minimum Gasteiger partial charge on any atom is -0.393 e. The van der Waals surface area contributed by atoms with E-state index in [9.17, 15) is 5.11 Å². The highest BCUT2D eigenvalue weighted by Crippen LogP contribution is 2.09. The lowest BCUT2D eigenvalue weighted by molar-refractivity contribution is 0.0131. The summed E-state index contributed by atoms with van der Waals surface area (Å²) in [5.74, 6) is 0.883. The van der Waals surface area contributed by atoms with Crippen molar-refractivity contribution in [2.24, 2.45) is 0 Å². The zero-order valence-electron chi connectivity index (χ0n) is 11.1. The molecule has 0 spiro atoms. The monoisotopic (exact) mass is 280 g/mol. The van der Waals surface area contributed by atoms with Gasteiger partial charge in [-0.3, -0.25) is 0 Å². The van der Waals surface area contributed by atoms with Gasteiger partial charge in [-0.25, -0.2) is 4.98 Å². The van der Waals surface area contributed by atoms with Crippen LogP contribution in [0.1, 0.15) is 6.92 Å². The van der Waals surface area contributed by atoms with E-state index in [0.29, 0.717) is 5.95 Å². The molecule has 2 rings (SSSR count). The highest BCUT2D eigenvalue weighted by molar-refractivity contribution is 5.37. The highest BCUT2D eigenvalue weighted by atomic mass is 16.3. The summed E-state index contributed by atoms with van der Waals surface area (Å²) in [6.07, 6.45) is 2.83. The summed E-state index contributed by atoms with van der Waals surface area (Å²) in [4.78, 5) is 16.2.